The third-order valence-corrected chi connectivity index (χ3v) is 3.07. The number of amides is 1. The molecule has 1 amide bonds. The van der Waals surface area contributed by atoms with Crippen LogP contribution in [0.2, 0.25) is 0 Å². The summed E-state index contributed by atoms with van der Waals surface area (Å²) in [5, 5.41) is 6.18. The highest BCUT2D eigenvalue weighted by atomic mass is 79.9. The molecule has 2 N–H and O–H groups in total. The maximum atomic E-state index is 11.3. The summed E-state index contributed by atoms with van der Waals surface area (Å²) < 4.78 is 0.985. The number of nitrogens with one attached hydrogen (secondary N) is 2. The topological polar surface area (TPSA) is 54.0 Å². The van der Waals surface area contributed by atoms with Gasteiger partial charge >= 0.3 is 0 Å². The maximum absolute atomic E-state index is 11.3. The highest BCUT2D eigenvalue weighted by molar-refractivity contribution is 9.10. The van der Waals surface area contributed by atoms with Crippen molar-refractivity contribution >= 4 is 21.8 Å². The van der Waals surface area contributed by atoms with E-state index < -0.39 is 0 Å². The van der Waals surface area contributed by atoms with Gasteiger partial charge in [0.25, 0.3) is 0 Å². The molecular weight excluding hydrogens is 282 g/mol. The molecule has 0 unspecified atom stereocenters. The van der Waals surface area contributed by atoms with Crippen LogP contribution in [0.3, 0.4) is 0 Å². The summed E-state index contributed by atoms with van der Waals surface area (Å²) >= 11 is 3.38. The van der Waals surface area contributed by atoms with Crippen LogP contribution in [0.4, 0.5) is 0 Å². The van der Waals surface area contributed by atoms with E-state index in [1.54, 1.807) is 6.20 Å². The quantitative estimate of drug-likeness (QED) is 0.782. The number of aromatic nitrogens is 1. The van der Waals surface area contributed by atoms with Crippen molar-refractivity contribution < 1.29 is 4.79 Å². The first-order valence-corrected chi connectivity index (χ1v) is 6.63. The number of rotatable bonds is 6. The molecular formula is C12H16BrN3O. The van der Waals surface area contributed by atoms with Crippen molar-refractivity contribution in [2.45, 2.75) is 19.4 Å². The molecule has 0 aromatic carbocycles. The highest BCUT2D eigenvalue weighted by Gasteiger charge is 2.28. The second-order valence-electron chi connectivity index (χ2n) is 4.25. The molecule has 0 saturated heterocycles. The predicted molar refractivity (Wildman–Crippen MR) is 69.4 cm³/mol. The van der Waals surface area contributed by atoms with E-state index in [1.807, 2.05) is 12.3 Å². The molecule has 0 bridgehead atoms. The van der Waals surface area contributed by atoms with Crippen LogP contribution in [0.1, 0.15) is 18.4 Å². The van der Waals surface area contributed by atoms with Crippen molar-refractivity contribution in [3.05, 3.63) is 28.5 Å². The number of pyridine rings is 1. The van der Waals surface area contributed by atoms with Crippen LogP contribution < -0.4 is 10.6 Å². The molecule has 0 radical (unpaired) electrons. The summed E-state index contributed by atoms with van der Waals surface area (Å²) in [6, 6.07) is 2.03. The molecule has 92 valence electrons. The van der Waals surface area contributed by atoms with Crippen LogP contribution >= 0.6 is 15.9 Å². The van der Waals surface area contributed by atoms with Gasteiger partial charge < -0.3 is 10.6 Å². The van der Waals surface area contributed by atoms with E-state index in [4.69, 9.17) is 0 Å². The second-order valence-corrected chi connectivity index (χ2v) is 5.17. The van der Waals surface area contributed by atoms with Crippen molar-refractivity contribution in [2.75, 3.05) is 13.1 Å². The molecule has 1 saturated carbocycles. The predicted octanol–water partition coefficient (Wildman–Crippen LogP) is 1.46. The summed E-state index contributed by atoms with van der Waals surface area (Å²) in [5.41, 5.74) is 1.13. The average Bonchev–Trinajstić information content (AvgIpc) is 3.12. The number of nitrogens with zero attached hydrogens (tertiary/aromatic N) is 1. The zero-order valence-corrected chi connectivity index (χ0v) is 11.2. The van der Waals surface area contributed by atoms with Gasteiger partial charge in [0.1, 0.15) is 0 Å². The van der Waals surface area contributed by atoms with Gasteiger partial charge in [-0.3, -0.25) is 9.78 Å². The van der Waals surface area contributed by atoms with Crippen molar-refractivity contribution in [1.29, 1.82) is 0 Å². The summed E-state index contributed by atoms with van der Waals surface area (Å²) in [6.07, 6.45) is 5.71. The van der Waals surface area contributed by atoms with Crippen LogP contribution in [-0.4, -0.2) is 24.0 Å². The molecule has 17 heavy (non-hydrogen) atoms. The number of hydrogen-bond donors (Lipinski definition) is 2. The lowest BCUT2D eigenvalue weighted by molar-refractivity contribution is -0.122. The fourth-order valence-corrected chi connectivity index (χ4v) is 1.96. The van der Waals surface area contributed by atoms with E-state index in [0.29, 0.717) is 12.5 Å². The molecule has 1 heterocycles. The van der Waals surface area contributed by atoms with E-state index in [-0.39, 0.29) is 5.91 Å². The fraction of sp³-hybridized carbons (Fsp3) is 0.500. The average molecular weight is 298 g/mol. The second kappa shape index (κ2) is 6.12. The molecule has 5 heteroatoms. The lowest BCUT2D eigenvalue weighted by Crippen LogP contribution is -2.32. The minimum Gasteiger partial charge on any atom is -0.355 e. The summed E-state index contributed by atoms with van der Waals surface area (Å²) in [5.74, 6) is 0.500. The fourth-order valence-electron chi connectivity index (χ4n) is 1.55. The van der Waals surface area contributed by atoms with Crippen LogP contribution in [0.15, 0.2) is 22.9 Å². The van der Waals surface area contributed by atoms with Gasteiger partial charge in [-0.1, -0.05) is 0 Å². The first-order chi connectivity index (χ1) is 8.25. The summed E-state index contributed by atoms with van der Waals surface area (Å²) in [4.78, 5) is 15.4. The van der Waals surface area contributed by atoms with Crippen LogP contribution in [0.5, 0.6) is 0 Å². The first kappa shape index (κ1) is 12.5. The number of carbonyl (C=O) groups is 1. The highest BCUT2D eigenvalue weighted by Crippen LogP contribution is 2.28. The van der Waals surface area contributed by atoms with Gasteiger partial charge in [-0.25, -0.2) is 0 Å². The molecule has 4 nitrogen and oxygen atoms in total. The monoisotopic (exact) mass is 297 g/mol. The van der Waals surface area contributed by atoms with E-state index in [1.165, 1.54) is 0 Å². The minimum absolute atomic E-state index is 0.205. The number of hydrogen-bond acceptors (Lipinski definition) is 3. The van der Waals surface area contributed by atoms with Crippen LogP contribution in [0, 0.1) is 5.92 Å². The minimum atomic E-state index is 0.205. The molecule has 1 aromatic heterocycles. The number of halogens is 1. The van der Waals surface area contributed by atoms with Crippen molar-refractivity contribution in [3.63, 3.8) is 0 Å². The Balaban J connectivity index is 1.58. The van der Waals surface area contributed by atoms with Gasteiger partial charge in [0.15, 0.2) is 0 Å². The molecule has 0 aliphatic heterocycles. The van der Waals surface area contributed by atoms with Gasteiger partial charge in [0, 0.05) is 42.4 Å². The standard InChI is InChI=1S/C12H16BrN3O/c13-11-5-9(7-15-8-11)6-14-3-4-16-12(17)10-1-2-10/h5,7-8,10,14H,1-4,6H2,(H,16,17). The Labute approximate surface area is 109 Å². The molecule has 1 fully saturated rings. The van der Waals surface area contributed by atoms with E-state index in [2.05, 4.69) is 31.5 Å². The Morgan fingerprint density at radius 3 is 2.94 bits per heavy atom. The number of carbonyl (C=O) groups excluding carboxylic acids is 1. The Morgan fingerprint density at radius 2 is 2.24 bits per heavy atom. The van der Waals surface area contributed by atoms with Gasteiger partial charge in [0.05, 0.1) is 0 Å². The Kier molecular flexibility index (Phi) is 4.50. The van der Waals surface area contributed by atoms with Crippen molar-refractivity contribution in [2.24, 2.45) is 5.92 Å². The lowest BCUT2D eigenvalue weighted by atomic mass is 10.3. The molecule has 1 aliphatic rings. The molecule has 0 atom stereocenters. The third-order valence-electron chi connectivity index (χ3n) is 2.64. The smallest absolute Gasteiger partial charge is 0.223 e. The van der Waals surface area contributed by atoms with Crippen molar-refractivity contribution in [1.82, 2.24) is 15.6 Å². The van der Waals surface area contributed by atoms with E-state index >= 15 is 0 Å². The van der Waals surface area contributed by atoms with Gasteiger partial charge in [-0.2, -0.15) is 0 Å². The van der Waals surface area contributed by atoms with Crippen LogP contribution in [0.25, 0.3) is 0 Å². The first-order valence-electron chi connectivity index (χ1n) is 5.83. The SMILES string of the molecule is O=C(NCCNCc1cncc(Br)c1)C1CC1. The van der Waals surface area contributed by atoms with E-state index in [9.17, 15) is 4.79 Å². The van der Waals surface area contributed by atoms with E-state index in [0.717, 1.165) is 36.0 Å². The van der Waals surface area contributed by atoms with Gasteiger partial charge in [0.2, 0.25) is 5.91 Å². The Hall–Kier alpha value is -0.940. The Morgan fingerprint density at radius 1 is 1.41 bits per heavy atom. The molecule has 2 rings (SSSR count). The molecule has 0 spiro atoms. The van der Waals surface area contributed by atoms with Crippen molar-refractivity contribution in [3.8, 4) is 0 Å². The maximum Gasteiger partial charge on any atom is 0.223 e. The van der Waals surface area contributed by atoms with Crippen LogP contribution in [-0.2, 0) is 11.3 Å². The largest absolute Gasteiger partial charge is 0.355 e. The Bertz CT molecular complexity index is 393. The third kappa shape index (κ3) is 4.44. The summed E-state index contributed by atoms with van der Waals surface area (Å²) in [7, 11) is 0. The normalized spacial score (nSPS) is 14.6. The molecule has 1 aliphatic carbocycles. The lowest BCUT2D eigenvalue weighted by Gasteiger charge is -2.06. The summed E-state index contributed by atoms with van der Waals surface area (Å²) in [6.45, 7) is 2.24. The zero-order chi connectivity index (χ0) is 12.1. The van der Waals surface area contributed by atoms with Gasteiger partial charge in [-0.05, 0) is 40.4 Å². The molecule has 1 aromatic rings. The van der Waals surface area contributed by atoms with Gasteiger partial charge in [-0.15, -0.1) is 0 Å². The zero-order valence-electron chi connectivity index (χ0n) is 9.58.